The molecule has 5 heteroatoms. The molecule has 0 saturated carbocycles. The molecule has 0 N–H and O–H groups in total. The van der Waals surface area contributed by atoms with Gasteiger partial charge in [-0.05, 0) is 26.8 Å². The predicted molar refractivity (Wildman–Crippen MR) is 83.4 cm³/mol. The molecule has 0 unspecified atom stereocenters. The van der Waals surface area contributed by atoms with Crippen LogP contribution in [0.5, 0.6) is 0 Å². The fourth-order valence-corrected chi connectivity index (χ4v) is 2.09. The minimum absolute atomic E-state index is 0.259. The summed E-state index contributed by atoms with van der Waals surface area (Å²) in [6.45, 7) is 5.32. The minimum atomic E-state index is -0.591. The van der Waals surface area contributed by atoms with Crippen LogP contribution in [0, 0.1) is 0 Å². The Morgan fingerprint density at radius 3 is 2.59 bits per heavy atom. The average molecular weight is 300 g/mol. The lowest BCUT2D eigenvalue weighted by atomic mass is 10.0. The standard InChI is InChI=1S/C17H20N2O3/c1-17(2,3)22-15(21)11-14(20)12-6-5-7-13(10-12)16-18-8-9-19(16)4/h5-10H,11H2,1-4H3. The topological polar surface area (TPSA) is 61.2 Å². The van der Waals surface area contributed by atoms with Crippen molar-refractivity contribution in [2.45, 2.75) is 32.8 Å². The Morgan fingerprint density at radius 2 is 2.00 bits per heavy atom. The van der Waals surface area contributed by atoms with Gasteiger partial charge in [0, 0.05) is 30.6 Å². The summed E-state index contributed by atoms with van der Waals surface area (Å²) in [7, 11) is 1.89. The monoisotopic (exact) mass is 300 g/mol. The second-order valence-electron chi connectivity index (χ2n) is 6.13. The highest BCUT2D eigenvalue weighted by atomic mass is 16.6. The lowest BCUT2D eigenvalue weighted by Gasteiger charge is -2.19. The van der Waals surface area contributed by atoms with Gasteiger partial charge in [-0.25, -0.2) is 4.98 Å². The van der Waals surface area contributed by atoms with Gasteiger partial charge >= 0.3 is 5.97 Å². The summed E-state index contributed by atoms with van der Waals surface area (Å²) in [6.07, 6.45) is 3.27. The van der Waals surface area contributed by atoms with Crippen molar-refractivity contribution in [2.24, 2.45) is 7.05 Å². The molecule has 0 fully saturated rings. The molecule has 0 aliphatic rings. The number of aromatic nitrogens is 2. The SMILES string of the molecule is Cn1ccnc1-c1cccc(C(=O)CC(=O)OC(C)(C)C)c1. The molecule has 0 bridgehead atoms. The molecule has 2 aromatic rings. The number of imidazole rings is 1. The second-order valence-corrected chi connectivity index (χ2v) is 6.13. The van der Waals surface area contributed by atoms with Crippen LogP contribution in [0.25, 0.3) is 11.4 Å². The van der Waals surface area contributed by atoms with E-state index in [-0.39, 0.29) is 12.2 Å². The normalized spacial score (nSPS) is 11.3. The van der Waals surface area contributed by atoms with Crippen LogP contribution in [-0.4, -0.2) is 26.9 Å². The van der Waals surface area contributed by atoms with Crippen LogP contribution in [0.15, 0.2) is 36.7 Å². The number of hydrogen-bond donors (Lipinski definition) is 0. The van der Waals surface area contributed by atoms with E-state index in [4.69, 9.17) is 4.74 Å². The molecule has 1 aromatic heterocycles. The number of benzene rings is 1. The van der Waals surface area contributed by atoms with E-state index < -0.39 is 11.6 Å². The van der Waals surface area contributed by atoms with Gasteiger partial charge in [0.25, 0.3) is 0 Å². The Hall–Kier alpha value is -2.43. The molecule has 116 valence electrons. The fraction of sp³-hybridized carbons (Fsp3) is 0.353. The van der Waals surface area contributed by atoms with Crippen LogP contribution < -0.4 is 0 Å². The first kappa shape index (κ1) is 15.9. The number of ketones is 1. The first-order valence-corrected chi connectivity index (χ1v) is 7.09. The second kappa shape index (κ2) is 6.13. The number of ether oxygens (including phenoxy) is 1. The third-order valence-corrected chi connectivity index (χ3v) is 2.99. The Morgan fingerprint density at radius 1 is 1.27 bits per heavy atom. The quantitative estimate of drug-likeness (QED) is 0.495. The highest BCUT2D eigenvalue weighted by molar-refractivity contribution is 6.06. The van der Waals surface area contributed by atoms with Crippen LogP contribution in [0.2, 0.25) is 0 Å². The number of hydrogen-bond acceptors (Lipinski definition) is 4. The van der Waals surface area contributed by atoms with E-state index in [1.807, 2.05) is 23.9 Å². The van der Waals surface area contributed by atoms with Crippen molar-refractivity contribution >= 4 is 11.8 Å². The van der Waals surface area contributed by atoms with Crippen LogP contribution in [0.4, 0.5) is 0 Å². The Bertz CT molecular complexity index is 696. The molecule has 0 aliphatic heterocycles. The molecule has 0 atom stereocenters. The third-order valence-electron chi connectivity index (χ3n) is 2.99. The van der Waals surface area contributed by atoms with Gasteiger partial charge < -0.3 is 9.30 Å². The van der Waals surface area contributed by atoms with Gasteiger partial charge in [0.2, 0.25) is 0 Å². The molecule has 22 heavy (non-hydrogen) atoms. The molecular weight excluding hydrogens is 280 g/mol. The van der Waals surface area contributed by atoms with E-state index in [2.05, 4.69) is 4.98 Å². The lowest BCUT2D eigenvalue weighted by molar-refractivity contribution is -0.153. The van der Waals surface area contributed by atoms with Crippen molar-refractivity contribution in [3.05, 3.63) is 42.2 Å². The van der Waals surface area contributed by atoms with E-state index in [1.165, 1.54) is 0 Å². The first-order valence-electron chi connectivity index (χ1n) is 7.09. The maximum atomic E-state index is 12.2. The maximum Gasteiger partial charge on any atom is 0.314 e. The van der Waals surface area contributed by atoms with Gasteiger partial charge in [-0.1, -0.05) is 18.2 Å². The highest BCUT2D eigenvalue weighted by Crippen LogP contribution is 2.19. The van der Waals surface area contributed by atoms with Gasteiger partial charge in [-0.2, -0.15) is 0 Å². The molecule has 1 aromatic carbocycles. The van der Waals surface area contributed by atoms with E-state index in [9.17, 15) is 9.59 Å². The minimum Gasteiger partial charge on any atom is -0.460 e. The van der Waals surface area contributed by atoms with Gasteiger partial charge in [-0.15, -0.1) is 0 Å². The number of carbonyl (C=O) groups is 2. The van der Waals surface area contributed by atoms with Crippen molar-refractivity contribution in [1.82, 2.24) is 9.55 Å². The van der Waals surface area contributed by atoms with Crippen molar-refractivity contribution in [1.29, 1.82) is 0 Å². The number of carbonyl (C=O) groups excluding carboxylic acids is 2. The van der Waals surface area contributed by atoms with Crippen molar-refractivity contribution in [2.75, 3.05) is 0 Å². The first-order chi connectivity index (χ1) is 10.3. The maximum absolute atomic E-state index is 12.2. The summed E-state index contributed by atoms with van der Waals surface area (Å²) < 4.78 is 7.05. The Balaban J connectivity index is 2.15. The molecule has 0 radical (unpaired) electrons. The summed E-state index contributed by atoms with van der Waals surface area (Å²) >= 11 is 0. The molecule has 5 nitrogen and oxygen atoms in total. The zero-order valence-electron chi connectivity index (χ0n) is 13.3. The molecule has 0 spiro atoms. The van der Waals surface area contributed by atoms with E-state index in [1.54, 1.807) is 45.2 Å². The van der Waals surface area contributed by atoms with Crippen LogP contribution in [-0.2, 0) is 16.6 Å². The number of nitrogens with zero attached hydrogens (tertiary/aromatic N) is 2. The molecular formula is C17H20N2O3. The summed E-state index contributed by atoms with van der Waals surface area (Å²) in [5.41, 5.74) is 0.723. The zero-order chi connectivity index (χ0) is 16.3. The zero-order valence-corrected chi connectivity index (χ0v) is 13.3. The largest absolute Gasteiger partial charge is 0.460 e. The number of rotatable bonds is 4. The number of esters is 1. The number of aryl methyl sites for hydroxylation is 1. The fourth-order valence-electron chi connectivity index (χ4n) is 2.09. The number of Topliss-reactive ketones (excluding diaryl/α,β-unsaturated/α-hetero) is 1. The molecule has 0 aliphatic carbocycles. The van der Waals surface area contributed by atoms with E-state index in [0.29, 0.717) is 5.56 Å². The van der Waals surface area contributed by atoms with Gasteiger partial charge in [-0.3, -0.25) is 9.59 Å². The van der Waals surface area contributed by atoms with Gasteiger partial charge in [0.1, 0.15) is 17.8 Å². The van der Waals surface area contributed by atoms with Crippen LogP contribution in [0.3, 0.4) is 0 Å². The van der Waals surface area contributed by atoms with E-state index >= 15 is 0 Å². The molecule has 0 saturated heterocycles. The van der Waals surface area contributed by atoms with Crippen LogP contribution >= 0.6 is 0 Å². The molecule has 0 amide bonds. The molecule has 2 rings (SSSR count). The van der Waals surface area contributed by atoms with Gasteiger partial charge in [0.05, 0.1) is 0 Å². The van der Waals surface area contributed by atoms with Crippen LogP contribution in [0.1, 0.15) is 37.6 Å². The third kappa shape index (κ3) is 4.04. The summed E-state index contributed by atoms with van der Waals surface area (Å²) in [6, 6.07) is 7.10. The van der Waals surface area contributed by atoms with Crippen molar-refractivity contribution in [3.8, 4) is 11.4 Å². The van der Waals surface area contributed by atoms with Gasteiger partial charge in [0.15, 0.2) is 5.78 Å². The summed E-state index contributed by atoms with van der Waals surface area (Å²) in [5.74, 6) is -0.00266. The van der Waals surface area contributed by atoms with Crippen molar-refractivity contribution in [3.63, 3.8) is 0 Å². The van der Waals surface area contributed by atoms with Crippen molar-refractivity contribution < 1.29 is 14.3 Å². The predicted octanol–water partition coefficient (Wildman–Crippen LogP) is 3.00. The summed E-state index contributed by atoms with van der Waals surface area (Å²) in [4.78, 5) is 28.2. The summed E-state index contributed by atoms with van der Waals surface area (Å²) in [5, 5.41) is 0. The smallest absolute Gasteiger partial charge is 0.314 e. The average Bonchev–Trinajstić information content (AvgIpc) is 2.83. The lowest BCUT2D eigenvalue weighted by Crippen LogP contribution is -2.25. The molecule has 1 heterocycles. The Kier molecular flexibility index (Phi) is 4.45. The highest BCUT2D eigenvalue weighted by Gasteiger charge is 2.20. The Labute approximate surface area is 129 Å². The van der Waals surface area contributed by atoms with E-state index in [0.717, 1.165) is 11.4 Å².